The monoisotopic (exact) mass is 352 g/mol. The number of thioether (sulfide) groups is 1. The molecule has 0 aliphatic carbocycles. The van der Waals surface area contributed by atoms with Gasteiger partial charge in [-0.15, -0.1) is 11.8 Å². The summed E-state index contributed by atoms with van der Waals surface area (Å²) in [4.78, 5) is 24.4. The van der Waals surface area contributed by atoms with Gasteiger partial charge in [-0.05, 0) is 23.8 Å². The van der Waals surface area contributed by atoms with Crippen molar-refractivity contribution in [3.8, 4) is 0 Å². The summed E-state index contributed by atoms with van der Waals surface area (Å²) in [5.74, 6) is -0.997. The fourth-order valence-electron chi connectivity index (χ4n) is 1.83. The maximum absolute atomic E-state index is 13.3. The smallest absolute Gasteiger partial charge is 0.321 e. The number of hydrogen-bond acceptors (Lipinski definition) is 3. The van der Waals surface area contributed by atoms with Gasteiger partial charge in [-0.2, -0.15) is 0 Å². The van der Waals surface area contributed by atoms with Crippen LogP contribution in [-0.2, 0) is 4.79 Å². The van der Waals surface area contributed by atoms with Crippen molar-refractivity contribution < 1.29 is 14.0 Å². The van der Waals surface area contributed by atoms with Gasteiger partial charge in [0.15, 0.2) is 0 Å². The van der Waals surface area contributed by atoms with Crippen LogP contribution in [0.4, 0.5) is 9.18 Å². The molecule has 120 valence electrons. The van der Waals surface area contributed by atoms with E-state index in [-0.39, 0.29) is 5.02 Å². The van der Waals surface area contributed by atoms with Crippen molar-refractivity contribution in [2.75, 3.05) is 7.05 Å². The number of amides is 3. The molecule has 0 spiro atoms. The molecular formula is C16H14ClFN2O2S. The first kappa shape index (κ1) is 17.3. The molecular weight excluding hydrogens is 339 g/mol. The number of imide groups is 1. The number of rotatable bonds is 4. The maximum atomic E-state index is 13.3. The minimum Gasteiger partial charge on any atom is -0.341 e. The molecule has 0 radical (unpaired) electrons. The average Bonchev–Trinajstić information content (AvgIpc) is 2.56. The molecule has 4 nitrogen and oxygen atoms in total. The van der Waals surface area contributed by atoms with E-state index < -0.39 is 23.0 Å². The lowest BCUT2D eigenvalue weighted by Gasteiger charge is -2.16. The fourth-order valence-corrected chi connectivity index (χ4v) is 3.14. The molecule has 0 heterocycles. The normalized spacial score (nSPS) is 11.6. The van der Waals surface area contributed by atoms with Crippen LogP contribution in [0.5, 0.6) is 0 Å². The molecule has 0 saturated carbocycles. The van der Waals surface area contributed by atoms with Gasteiger partial charge >= 0.3 is 6.03 Å². The minimum absolute atomic E-state index is 0.0199. The van der Waals surface area contributed by atoms with E-state index in [2.05, 4.69) is 10.6 Å². The van der Waals surface area contributed by atoms with Crippen LogP contribution in [0.3, 0.4) is 0 Å². The van der Waals surface area contributed by atoms with E-state index in [4.69, 9.17) is 11.6 Å². The Labute approximate surface area is 142 Å². The third kappa shape index (κ3) is 4.71. The SMILES string of the molecule is CNC(=O)NC(=O)[C@H](Sc1ccc(F)c(Cl)c1)c1ccccc1. The van der Waals surface area contributed by atoms with Crippen LogP contribution in [0.15, 0.2) is 53.4 Å². The standard InChI is InChI=1S/C16H14ClFN2O2S/c1-19-16(22)20-15(21)14(10-5-3-2-4-6-10)23-11-7-8-13(18)12(17)9-11/h2-9,14H,1H3,(H2,19,20,21,22)/t14-/m1/s1. The first-order chi connectivity index (χ1) is 11.0. The molecule has 2 N–H and O–H groups in total. The summed E-state index contributed by atoms with van der Waals surface area (Å²) in [5.41, 5.74) is 0.722. The van der Waals surface area contributed by atoms with Gasteiger partial charge in [0, 0.05) is 11.9 Å². The summed E-state index contributed by atoms with van der Waals surface area (Å²) in [7, 11) is 1.42. The summed E-state index contributed by atoms with van der Waals surface area (Å²) >= 11 is 6.96. The summed E-state index contributed by atoms with van der Waals surface area (Å²) in [6.07, 6.45) is 0. The Hall–Kier alpha value is -2.05. The van der Waals surface area contributed by atoms with Crippen LogP contribution in [0, 0.1) is 5.82 Å². The summed E-state index contributed by atoms with van der Waals surface area (Å²) in [5, 5.41) is 3.90. The van der Waals surface area contributed by atoms with Gasteiger partial charge in [0.25, 0.3) is 0 Å². The molecule has 3 amide bonds. The van der Waals surface area contributed by atoms with Crippen LogP contribution < -0.4 is 10.6 Å². The molecule has 0 unspecified atom stereocenters. The first-order valence-electron chi connectivity index (χ1n) is 6.70. The van der Waals surface area contributed by atoms with Crippen LogP contribution in [0.2, 0.25) is 5.02 Å². The van der Waals surface area contributed by atoms with Crippen molar-refractivity contribution >= 4 is 35.3 Å². The van der Waals surface area contributed by atoms with E-state index in [1.165, 1.54) is 37.0 Å². The van der Waals surface area contributed by atoms with Crippen LogP contribution in [-0.4, -0.2) is 19.0 Å². The number of carbonyl (C=O) groups excluding carboxylic acids is 2. The maximum Gasteiger partial charge on any atom is 0.321 e. The molecule has 2 aromatic rings. The van der Waals surface area contributed by atoms with E-state index in [0.29, 0.717) is 4.90 Å². The van der Waals surface area contributed by atoms with E-state index in [1.807, 2.05) is 6.07 Å². The van der Waals surface area contributed by atoms with Gasteiger partial charge in [0.2, 0.25) is 5.91 Å². The molecule has 0 bridgehead atoms. The van der Waals surface area contributed by atoms with Crippen molar-refractivity contribution in [1.29, 1.82) is 0 Å². The topological polar surface area (TPSA) is 58.2 Å². The van der Waals surface area contributed by atoms with Crippen LogP contribution in [0.25, 0.3) is 0 Å². The Kier molecular flexibility index (Phi) is 6.01. The molecule has 1 atom stereocenters. The second-order valence-corrected chi connectivity index (χ2v) is 6.14. The lowest BCUT2D eigenvalue weighted by Crippen LogP contribution is -2.39. The highest BCUT2D eigenvalue weighted by atomic mass is 35.5. The summed E-state index contributed by atoms with van der Waals surface area (Å²) < 4.78 is 13.3. The van der Waals surface area contributed by atoms with Gasteiger partial charge in [-0.1, -0.05) is 41.9 Å². The molecule has 0 saturated heterocycles. The molecule has 0 aliphatic heterocycles. The van der Waals surface area contributed by atoms with Gasteiger partial charge in [0.05, 0.1) is 5.02 Å². The number of hydrogen-bond donors (Lipinski definition) is 2. The number of nitrogens with one attached hydrogen (secondary N) is 2. The first-order valence-corrected chi connectivity index (χ1v) is 7.96. The van der Waals surface area contributed by atoms with Gasteiger partial charge < -0.3 is 5.32 Å². The lowest BCUT2D eigenvalue weighted by molar-refractivity contribution is -0.119. The molecule has 2 rings (SSSR count). The third-order valence-electron chi connectivity index (χ3n) is 2.95. The summed E-state index contributed by atoms with van der Waals surface area (Å²) in [6.45, 7) is 0. The van der Waals surface area contributed by atoms with Crippen molar-refractivity contribution in [2.45, 2.75) is 10.1 Å². The minimum atomic E-state index is -0.671. The van der Waals surface area contributed by atoms with E-state index in [0.717, 1.165) is 5.56 Å². The number of benzene rings is 2. The van der Waals surface area contributed by atoms with Crippen LogP contribution in [0.1, 0.15) is 10.8 Å². The highest BCUT2D eigenvalue weighted by Gasteiger charge is 2.23. The molecule has 0 aromatic heterocycles. The van der Waals surface area contributed by atoms with Gasteiger partial charge in [0.1, 0.15) is 11.1 Å². The third-order valence-corrected chi connectivity index (χ3v) is 4.49. The highest BCUT2D eigenvalue weighted by molar-refractivity contribution is 8.00. The zero-order valence-corrected chi connectivity index (χ0v) is 13.7. The molecule has 7 heteroatoms. The van der Waals surface area contributed by atoms with Crippen molar-refractivity contribution in [1.82, 2.24) is 10.6 Å². The lowest BCUT2D eigenvalue weighted by atomic mass is 10.1. The van der Waals surface area contributed by atoms with Crippen LogP contribution >= 0.6 is 23.4 Å². The molecule has 0 aliphatic rings. The van der Waals surface area contributed by atoms with Crippen molar-refractivity contribution in [3.63, 3.8) is 0 Å². The predicted molar refractivity (Wildman–Crippen MR) is 89.0 cm³/mol. The van der Waals surface area contributed by atoms with Gasteiger partial charge in [-0.3, -0.25) is 10.1 Å². The zero-order valence-electron chi connectivity index (χ0n) is 12.2. The van der Waals surface area contributed by atoms with E-state index in [1.54, 1.807) is 24.3 Å². The molecule has 2 aromatic carbocycles. The quantitative estimate of drug-likeness (QED) is 0.823. The molecule has 0 fully saturated rings. The average molecular weight is 353 g/mol. The Morgan fingerprint density at radius 2 is 1.87 bits per heavy atom. The largest absolute Gasteiger partial charge is 0.341 e. The second kappa shape index (κ2) is 7.99. The predicted octanol–water partition coefficient (Wildman–Crippen LogP) is 3.77. The Balaban J connectivity index is 2.28. The van der Waals surface area contributed by atoms with Crippen molar-refractivity contribution in [3.05, 3.63) is 64.9 Å². The number of halogens is 2. The number of urea groups is 1. The zero-order chi connectivity index (χ0) is 16.8. The van der Waals surface area contributed by atoms with Gasteiger partial charge in [-0.25, -0.2) is 9.18 Å². The highest BCUT2D eigenvalue weighted by Crippen LogP contribution is 2.36. The Morgan fingerprint density at radius 1 is 1.17 bits per heavy atom. The Morgan fingerprint density at radius 3 is 2.48 bits per heavy atom. The van der Waals surface area contributed by atoms with E-state index in [9.17, 15) is 14.0 Å². The second-order valence-electron chi connectivity index (χ2n) is 4.55. The summed E-state index contributed by atoms with van der Waals surface area (Å²) in [6, 6.07) is 12.6. The fraction of sp³-hybridized carbons (Fsp3) is 0.125. The Bertz CT molecular complexity index is 712. The number of carbonyl (C=O) groups is 2. The van der Waals surface area contributed by atoms with Crippen molar-refractivity contribution in [2.24, 2.45) is 0 Å². The molecule has 23 heavy (non-hydrogen) atoms. The van der Waals surface area contributed by atoms with E-state index >= 15 is 0 Å².